The van der Waals surface area contributed by atoms with Crippen molar-refractivity contribution in [3.05, 3.63) is 50.9 Å². The zero-order valence-corrected chi connectivity index (χ0v) is 21.3. The highest BCUT2D eigenvalue weighted by Crippen LogP contribution is 2.30. The summed E-state index contributed by atoms with van der Waals surface area (Å²) >= 11 is 0. The standard InChI is InChI=1S/C24H32N4O5S/c1-7-28(8-2)34(31,32)18-9-11-22(33-15(3)4)21(13-18)27-23(29)12-10-19-16(5)20(14-25)24(30)26-17(19)6/h9,11,13,15H,7-8,10,12H2,1-6H3,(H,26,30)(H,27,29). The number of ether oxygens (including phenoxy) is 1. The Morgan fingerprint density at radius 3 is 2.44 bits per heavy atom. The maximum atomic E-state index is 13.0. The molecule has 0 aliphatic rings. The fourth-order valence-corrected chi connectivity index (χ4v) is 5.19. The van der Waals surface area contributed by atoms with Crippen molar-refractivity contribution in [2.45, 2.75) is 65.4 Å². The Morgan fingerprint density at radius 2 is 1.88 bits per heavy atom. The minimum Gasteiger partial charge on any atom is -0.489 e. The van der Waals surface area contributed by atoms with Crippen LogP contribution in [0, 0.1) is 25.2 Å². The molecule has 0 saturated carbocycles. The van der Waals surface area contributed by atoms with Crippen molar-refractivity contribution in [1.82, 2.24) is 9.29 Å². The Balaban J connectivity index is 2.34. The molecule has 0 spiro atoms. The van der Waals surface area contributed by atoms with Gasteiger partial charge >= 0.3 is 0 Å². The van der Waals surface area contributed by atoms with Gasteiger partial charge in [-0.15, -0.1) is 0 Å². The summed E-state index contributed by atoms with van der Waals surface area (Å²) in [5.41, 5.74) is 1.72. The summed E-state index contributed by atoms with van der Waals surface area (Å²) in [6, 6.07) is 6.32. The number of pyridine rings is 1. The largest absolute Gasteiger partial charge is 0.489 e. The number of aromatic nitrogens is 1. The lowest BCUT2D eigenvalue weighted by Gasteiger charge is -2.20. The number of nitrogens with one attached hydrogen (secondary N) is 2. The zero-order valence-electron chi connectivity index (χ0n) is 20.5. The van der Waals surface area contributed by atoms with Gasteiger partial charge in [-0.25, -0.2) is 8.42 Å². The quantitative estimate of drug-likeness (QED) is 0.528. The first-order valence-corrected chi connectivity index (χ1v) is 12.6. The number of aromatic amines is 1. The highest BCUT2D eigenvalue weighted by molar-refractivity contribution is 7.89. The topological polar surface area (TPSA) is 132 Å². The van der Waals surface area contributed by atoms with E-state index in [1.807, 2.05) is 19.9 Å². The number of nitriles is 1. The molecule has 184 valence electrons. The number of hydrogen-bond donors (Lipinski definition) is 2. The Hall–Kier alpha value is -3.16. The highest BCUT2D eigenvalue weighted by Gasteiger charge is 2.24. The maximum absolute atomic E-state index is 13.0. The van der Waals surface area contributed by atoms with Gasteiger partial charge < -0.3 is 15.0 Å². The van der Waals surface area contributed by atoms with Gasteiger partial charge in [0, 0.05) is 25.2 Å². The van der Waals surface area contributed by atoms with Crippen LogP contribution >= 0.6 is 0 Å². The third-order valence-electron chi connectivity index (χ3n) is 5.45. The Morgan fingerprint density at radius 1 is 1.24 bits per heavy atom. The van der Waals surface area contributed by atoms with E-state index in [-0.39, 0.29) is 34.6 Å². The number of aryl methyl sites for hydroxylation is 1. The summed E-state index contributed by atoms with van der Waals surface area (Å²) in [5.74, 6) is 0.0134. The smallest absolute Gasteiger partial charge is 0.266 e. The van der Waals surface area contributed by atoms with Gasteiger partial charge in [0.05, 0.1) is 16.7 Å². The number of hydrogen-bond acceptors (Lipinski definition) is 6. The molecule has 0 radical (unpaired) electrons. The molecule has 0 aliphatic heterocycles. The molecular formula is C24H32N4O5S. The van der Waals surface area contributed by atoms with Gasteiger partial charge in [-0.2, -0.15) is 9.57 Å². The summed E-state index contributed by atoms with van der Waals surface area (Å²) in [5, 5.41) is 12.0. The molecule has 0 fully saturated rings. The number of nitrogens with zero attached hydrogens (tertiary/aromatic N) is 2. The third kappa shape index (κ3) is 6.04. The average Bonchev–Trinajstić information content (AvgIpc) is 2.75. The van der Waals surface area contributed by atoms with E-state index in [4.69, 9.17) is 4.74 Å². The fourth-order valence-electron chi connectivity index (χ4n) is 3.71. The minimum absolute atomic E-state index is 0.0305. The van der Waals surface area contributed by atoms with Crippen LogP contribution in [0.25, 0.3) is 0 Å². The van der Waals surface area contributed by atoms with E-state index in [1.54, 1.807) is 33.8 Å². The van der Waals surface area contributed by atoms with Crippen LogP contribution in [0.5, 0.6) is 5.75 Å². The van der Waals surface area contributed by atoms with Crippen LogP contribution in [0.3, 0.4) is 0 Å². The monoisotopic (exact) mass is 488 g/mol. The molecule has 2 aromatic rings. The molecule has 0 unspecified atom stereocenters. The molecule has 0 bridgehead atoms. The van der Waals surface area contributed by atoms with Gasteiger partial charge in [0.2, 0.25) is 15.9 Å². The second kappa shape index (κ2) is 11.3. The van der Waals surface area contributed by atoms with E-state index in [2.05, 4.69) is 10.3 Å². The maximum Gasteiger partial charge on any atom is 0.266 e. The normalized spacial score (nSPS) is 11.5. The van der Waals surface area contributed by atoms with Crippen molar-refractivity contribution in [3.63, 3.8) is 0 Å². The molecule has 34 heavy (non-hydrogen) atoms. The fraction of sp³-hybridized carbons (Fsp3) is 0.458. The first kappa shape index (κ1) is 27.1. The number of rotatable bonds is 10. The summed E-state index contributed by atoms with van der Waals surface area (Å²) in [4.78, 5) is 27.5. The van der Waals surface area contributed by atoms with E-state index in [9.17, 15) is 23.3 Å². The molecule has 0 atom stereocenters. The van der Waals surface area contributed by atoms with E-state index in [0.29, 0.717) is 36.5 Å². The van der Waals surface area contributed by atoms with E-state index in [0.717, 1.165) is 5.56 Å². The molecule has 1 heterocycles. The van der Waals surface area contributed by atoms with Gasteiger partial charge in [-0.1, -0.05) is 13.8 Å². The number of sulfonamides is 1. The molecule has 10 heteroatoms. The predicted octanol–water partition coefficient (Wildman–Crippen LogP) is 3.25. The van der Waals surface area contributed by atoms with Gasteiger partial charge in [-0.3, -0.25) is 9.59 Å². The van der Waals surface area contributed by atoms with Crippen molar-refractivity contribution < 1.29 is 17.9 Å². The number of carbonyl (C=O) groups is 1. The van der Waals surface area contributed by atoms with Crippen molar-refractivity contribution in [1.29, 1.82) is 5.26 Å². The third-order valence-corrected chi connectivity index (χ3v) is 7.50. The van der Waals surface area contributed by atoms with Gasteiger partial charge in [0.1, 0.15) is 17.4 Å². The van der Waals surface area contributed by atoms with Crippen molar-refractivity contribution >= 4 is 21.6 Å². The predicted molar refractivity (Wildman–Crippen MR) is 131 cm³/mol. The summed E-state index contributed by atoms with van der Waals surface area (Å²) in [6.07, 6.45) is 0.177. The van der Waals surface area contributed by atoms with Gasteiger partial charge in [-0.05, 0) is 63.4 Å². The van der Waals surface area contributed by atoms with E-state index < -0.39 is 15.6 Å². The molecule has 0 saturated heterocycles. The molecule has 1 aromatic carbocycles. The molecule has 2 N–H and O–H groups in total. The number of benzene rings is 1. The first-order chi connectivity index (χ1) is 16.0. The Kier molecular flexibility index (Phi) is 9.01. The number of amides is 1. The first-order valence-electron chi connectivity index (χ1n) is 11.2. The molecule has 1 aromatic heterocycles. The highest BCUT2D eigenvalue weighted by atomic mass is 32.2. The van der Waals surface area contributed by atoms with Gasteiger partial charge in [0.15, 0.2) is 0 Å². The van der Waals surface area contributed by atoms with Crippen LogP contribution in [0.2, 0.25) is 0 Å². The molecular weight excluding hydrogens is 456 g/mol. The Labute approximate surface area is 200 Å². The lowest BCUT2D eigenvalue weighted by molar-refractivity contribution is -0.116. The van der Waals surface area contributed by atoms with Crippen molar-refractivity contribution in [3.8, 4) is 11.8 Å². The molecule has 2 rings (SSSR count). The van der Waals surface area contributed by atoms with E-state index in [1.165, 1.54) is 16.4 Å². The van der Waals surface area contributed by atoms with Crippen molar-refractivity contribution in [2.24, 2.45) is 0 Å². The number of H-pyrrole nitrogens is 1. The molecule has 1 amide bonds. The number of carbonyl (C=O) groups excluding carboxylic acids is 1. The number of anilines is 1. The lowest BCUT2D eigenvalue weighted by atomic mass is 9.99. The SMILES string of the molecule is CCN(CC)S(=O)(=O)c1ccc(OC(C)C)c(NC(=O)CCc2c(C)[nH]c(=O)c(C#N)c2C)c1. The lowest BCUT2D eigenvalue weighted by Crippen LogP contribution is -2.30. The van der Waals surface area contributed by atoms with Crippen LogP contribution in [0.15, 0.2) is 27.9 Å². The van der Waals surface area contributed by atoms with Crippen LogP contribution in [-0.2, 0) is 21.2 Å². The van der Waals surface area contributed by atoms with Crippen LogP contribution in [0.1, 0.15) is 56.5 Å². The van der Waals surface area contributed by atoms with Crippen LogP contribution in [-0.4, -0.2) is 42.8 Å². The second-order valence-corrected chi connectivity index (χ2v) is 10.1. The van der Waals surface area contributed by atoms with Crippen LogP contribution < -0.4 is 15.6 Å². The Bertz CT molecular complexity index is 1260. The average molecular weight is 489 g/mol. The molecule has 0 aliphatic carbocycles. The van der Waals surface area contributed by atoms with E-state index >= 15 is 0 Å². The molecule has 9 nitrogen and oxygen atoms in total. The second-order valence-electron chi connectivity index (χ2n) is 8.13. The van der Waals surface area contributed by atoms with Gasteiger partial charge in [0.25, 0.3) is 5.56 Å². The minimum atomic E-state index is -3.72. The summed E-state index contributed by atoms with van der Waals surface area (Å²) in [7, 11) is -3.72. The summed E-state index contributed by atoms with van der Waals surface area (Å²) < 4.78 is 33.0. The van der Waals surface area contributed by atoms with Crippen molar-refractivity contribution in [2.75, 3.05) is 18.4 Å². The zero-order chi connectivity index (χ0) is 25.6. The summed E-state index contributed by atoms with van der Waals surface area (Å²) in [6.45, 7) is 11.3. The van der Waals surface area contributed by atoms with Crippen LogP contribution in [0.4, 0.5) is 5.69 Å².